The second kappa shape index (κ2) is 6.01. The minimum atomic E-state index is -2.94. The zero-order valence-corrected chi connectivity index (χ0v) is 12.1. The molecule has 0 radical (unpaired) electrons. The molecule has 1 aliphatic heterocycles. The van der Waals surface area contributed by atoms with Crippen LogP contribution in [0.2, 0.25) is 0 Å². The van der Waals surface area contributed by atoms with Crippen LogP contribution in [0.4, 0.5) is 0 Å². The Bertz CT molecular complexity index is 348. The molecule has 1 N–H and O–H groups in total. The summed E-state index contributed by atoms with van der Waals surface area (Å²) in [6.45, 7) is 8.82. The third kappa shape index (κ3) is 5.68. The first-order chi connectivity index (χ1) is 7.78. The summed E-state index contributed by atoms with van der Waals surface area (Å²) in [6, 6.07) is 0.417. The second-order valence-corrected chi connectivity index (χ2v) is 7.82. The van der Waals surface area contributed by atoms with Gasteiger partial charge in [0, 0.05) is 17.5 Å². The van der Waals surface area contributed by atoms with Gasteiger partial charge < -0.3 is 5.32 Å². The lowest BCUT2D eigenvalue weighted by atomic mass is 9.95. The van der Waals surface area contributed by atoms with Crippen LogP contribution in [0.5, 0.6) is 0 Å². The van der Waals surface area contributed by atoms with E-state index in [9.17, 15) is 8.42 Å². The highest BCUT2D eigenvalue weighted by Crippen LogP contribution is 2.16. The molecule has 0 aliphatic carbocycles. The third-order valence-electron chi connectivity index (χ3n) is 2.89. The predicted octanol–water partition coefficient (Wildman–Crippen LogP) is 2.35. The Morgan fingerprint density at radius 3 is 2.06 bits per heavy atom. The molecule has 1 rings (SSSR count). The highest BCUT2D eigenvalue weighted by Gasteiger charge is 2.24. The maximum Gasteiger partial charge on any atom is 0.173 e. The van der Waals surface area contributed by atoms with Crippen molar-refractivity contribution in [2.24, 2.45) is 11.8 Å². The quantitative estimate of drug-likeness (QED) is 0.796. The molecule has 0 bridgehead atoms. The van der Waals surface area contributed by atoms with Gasteiger partial charge in [0.15, 0.2) is 9.84 Å². The van der Waals surface area contributed by atoms with Crippen LogP contribution in [0, 0.1) is 11.8 Å². The minimum absolute atomic E-state index is 0.00231. The van der Waals surface area contributed by atoms with E-state index in [-0.39, 0.29) is 11.8 Å². The molecule has 17 heavy (non-hydrogen) atoms. The molecule has 0 saturated carbocycles. The van der Waals surface area contributed by atoms with E-state index in [1.165, 1.54) is 5.41 Å². The van der Waals surface area contributed by atoms with Crippen molar-refractivity contribution < 1.29 is 8.42 Å². The maximum atomic E-state index is 11.3. The zero-order valence-electron chi connectivity index (χ0n) is 11.3. The lowest BCUT2D eigenvalue weighted by Gasteiger charge is -2.25. The Kier molecular flexibility index (Phi) is 5.20. The molecule has 3 nitrogen and oxygen atoms in total. The Morgan fingerprint density at radius 2 is 1.71 bits per heavy atom. The largest absolute Gasteiger partial charge is 0.307 e. The molecule has 4 heteroatoms. The highest BCUT2D eigenvalue weighted by atomic mass is 32.2. The van der Waals surface area contributed by atoms with E-state index in [1.54, 1.807) is 6.08 Å². The van der Waals surface area contributed by atoms with E-state index in [4.69, 9.17) is 0 Å². The summed E-state index contributed by atoms with van der Waals surface area (Å²) < 4.78 is 22.7. The van der Waals surface area contributed by atoms with Crippen molar-refractivity contribution in [2.45, 2.75) is 52.6 Å². The van der Waals surface area contributed by atoms with Gasteiger partial charge >= 0.3 is 0 Å². The van der Waals surface area contributed by atoms with Crippen LogP contribution in [0.15, 0.2) is 11.5 Å². The van der Waals surface area contributed by atoms with Crippen LogP contribution < -0.4 is 5.32 Å². The van der Waals surface area contributed by atoms with Gasteiger partial charge in [-0.25, -0.2) is 8.42 Å². The molecule has 0 amide bonds. The van der Waals surface area contributed by atoms with E-state index < -0.39 is 9.84 Å². The fourth-order valence-corrected chi connectivity index (χ4v) is 3.60. The first-order valence-corrected chi connectivity index (χ1v) is 8.17. The van der Waals surface area contributed by atoms with Crippen molar-refractivity contribution in [2.75, 3.05) is 5.75 Å². The molecule has 1 unspecified atom stereocenters. The van der Waals surface area contributed by atoms with E-state index in [2.05, 4.69) is 33.0 Å². The van der Waals surface area contributed by atoms with Crippen LogP contribution in [0.3, 0.4) is 0 Å². The molecular weight excluding hydrogens is 234 g/mol. The number of hydrogen-bond donors (Lipinski definition) is 1. The first kappa shape index (κ1) is 14.7. The molecule has 0 aromatic heterocycles. The number of nitrogens with one attached hydrogen (secondary N) is 1. The summed E-state index contributed by atoms with van der Waals surface area (Å²) >= 11 is 0. The maximum absolute atomic E-state index is 11.3. The lowest BCUT2D eigenvalue weighted by molar-refractivity contribution is 0.350. The average molecular weight is 259 g/mol. The van der Waals surface area contributed by atoms with Crippen LogP contribution in [-0.2, 0) is 9.84 Å². The predicted molar refractivity (Wildman–Crippen MR) is 72.5 cm³/mol. The van der Waals surface area contributed by atoms with Crippen molar-refractivity contribution in [3.05, 3.63) is 11.5 Å². The SMILES string of the molecule is CC(C)CC(CC(C)C)NC1C=CS(=O)(=O)C1. The van der Waals surface area contributed by atoms with Gasteiger partial charge in [-0.3, -0.25) is 0 Å². The molecule has 0 aromatic rings. The molecule has 100 valence electrons. The average Bonchev–Trinajstić information content (AvgIpc) is 2.42. The third-order valence-corrected chi connectivity index (χ3v) is 4.29. The van der Waals surface area contributed by atoms with Crippen molar-refractivity contribution in [3.8, 4) is 0 Å². The molecular formula is C13H25NO2S. The van der Waals surface area contributed by atoms with Gasteiger partial charge in [-0.15, -0.1) is 0 Å². The first-order valence-electron chi connectivity index (χ1n) is 6.45. The fraction of sp³-hybridized carbons (Fsp3) is 0.846. The smallest absolute Gasteiger partial charge is 0.173 e. The number of rotatable bonds is 6. The molecule has 1 atom stereocenters. The summed E-state index contributed by atoms with van der Waals surface area (Å²) in [5.41, 5.74) is 0. The summed E-state index contributed by atoms with van der Waals surface area (Å²) in [5, 5.41) is 4.81. The number of sulfone groups is 1. The van der Waals surface area contributed by atoms with Gasteiger partial charge in [0.2, 0.25) is 0 Å². The van der Waals surface area contributed by atoms with Crippen molar-refractivity contribution in [1.29, 1.82) is 0 Å². The van der Waals surface area contributed by atoms with E-state index in [0.29, 0.717) is 17.9 Å². The standard InChI is InChI=1S/C13H25NO2S/c1-10(2)7-13(8-11(3)4)14-12-5-6-17(15,16)9-12/h5-6,10-14H,7-9H2,1-4H3. The topological polar surface area (TPSA) is 46.2 Å². The van der Waals surface area contributed by atoms with Gasteiger partial charge in [0.05, 0.1) is 5.75 Å². The molecule has 0 fully saturated rings. The summed E-state index contributed by atoms with van der Waals surface area (Å²) in [6.07, 6.45) is 3.98. The van der Waals surface area contributed by atoms with E-state index in [1.807, 2.05) is 0 Å². The van der Waals surface area contributed by atoms with Gasteiger partial charge in [-0.05, 0) is 24.7 Å². The molecule has 0 spiro atoms. The fourth-order valence-electron chi connectivity index (χ4n) is 2.35. The van der Waals surface area contributed by atoms with E-state index >= 15 is 0 Å². The minimum Gasteiger partial charge on any atom is -0.307 e. The highest BCUT2D eigenvalue weighted by molar-refractivity contribution is 7.94. The van der Waals surface area contributed by atoms with Crippen molar-refractivity contribution in [1.82, 2.24) is 5.32 Å². The van der Waals surface area contributed by atoms with Crippen molar-refractivity contribution >= 4 is 9.84 Å². The monoisotopic (exact) mass is 259 g/mol. The lowest BCUT2D eigenvalue weighted by Crippen LogP contribution is -2.40. The molecule has 0 aromatic carbocycles. The number of hydrogen-bond acceptors (Lipinski definition) is 3. The van der Waals surface area contributed by atoms with Gasteiger partial charge in [-0.1, -0.05) is 33.8 Å². The molecule has 1 aliphatic rings. The van der Waals surface area contributed by atoms with Crippen molar-refractivity contribution in [3.63, 3.8) is 0 Å². The Hall–Kier alpha value is -0.350. The zero-order chi connectivity index (χ0) is 13.1. The summed E-state index contributed by atoms with van der Waals surface area (Å²) in [7, 11) is -2.94. The normalized spacial score (nSPS) is 23.1. The van der Waals surface area contributed by atoms with Crippen LogP contribution in [0.1, 0.15) is 40.5 Å². The van der Waals surface area contributed by atoms with Crippen LogP contribution in [0.25, 0.3) is 0 Å². The Balaban J connectivity index is 2.52. The van der Waals surface area contributed by atoms with Gasteiger partial charge in [-0.2, -0.15) is 0 Å². The summed E-state index contributed by atoms with van der Waals surface area (Å²) in [4.78, 5) is 0. The van der Waals surface area contributed by atoms with Crippen LogP contribution in [-0.4, -0.2) is 26.3 Å². The molecule has 1 heterocycles. The Labute approximate surface area is 106 Å². The second-order valence-electron chi connectivity index (χ2n) is 5.89. The van der Waals surface area contributed by atoms with Crippen LogP contribution >= 0.6 is 0 Å². The van der Waals surface area contributed by atoms with E-state index in [0.717, 1.165) is 12.8 Å². The van der Waals surface area contributed by atoms with Gasteiger partial charge in [0.1, 0.15) is 0 Å². The summed E-state index contributed by atoms with van der Waals surface area (Å²) in [5.74, 6) is 1.49. The van der Waals surface area contributed by atoms with Gasteiger partial charge in [0.25, 0.3) is 0 Å². The molecule has 0 saturated heterocycles. The Morgan fingerprint density at radius 1 is 1.18 bits per heavy atom.